The van der Waals surface area contributed by atoms with E-state index >= 15 is 0 Å². The number of ether oxygens (including phenoxy) is 1. The van der Waals surface area contributed by atoms with Crippen molar-refractivity contribution in [2.24, 2.45) is 0 Å². The number of nitrogens with zero attached hydrogens (tertiary/aromatic N) is 3. The van der Waals surface area contributed by atoms with E-state index in [0.29, 0.717) is 17.7 Å². The standard InChI is InChI=1S/C38H49N3O4/c1-2-3-4-5-6-7-8-9-10-11-15-28-44-37(42)41-35-23-17-22-34(36(35)45-38(41)43)40-26-24-39(25-27-40)30-31-18-16-21-33(29-31)32-19-13-12-14-20-32/h12-14,16-23,29H,2-11,15,24-28,30H2,1H3. The molecule has 1 fully saturated rings. The van der Waals surface area contributed by atoms with E-state index in [1.165, 1.54) is 68.1 Å². The van der Waals surface area contributed by atoms with Gasteiger partial charge in [0.2, 0.25) is 0 Å². The fourth-order valence-corrected chi connectivity index (χ4v) is 6.32. The van der Waals surface area contributed by atoms with Gasteiger partial charge in [-0.15, -0.1) is 0 Å². The molecule has 0 bridgehead atoms. The molecule has 0 spiro atoms. The van der Waals surface area contributed by atoms with Crippen LogP contribution in [0.15, 0.2) is 82.0 Å². The van der Waals surface area contributed by atoms with Gasteiger partial charge in [0.15, 0.2) is 5.58 Å². The predicted molar refractivity (Wildman–Crippen MR) is 183 cm³/mol. The van der Waals surface area contributed by atoms with Crippen molar-refractivity contribution in [1.29, 1.82) is 0 Å². The Kier molecular flexibility index (Phi) is 12.3. The summed E-state index contributed by atoms with van der Waals surface area (Å²) in [6.45, 7) is 6.82. The number of rotatable bonds is 16. The molecule has 1 aromatic heterocycles. The number of para-hydroxylation sites is 1. The molecule has 0 radical (unpaired) electrons. The van der Waals surface area contributed by atoms with E-state index in [0.717, 1.165) is 62.2 Å². The maximum absolute atomic E-state index is 12.9. The van der Waals surface area contributed by atoms with Crippen LogP contribution < -0.4 is 10.7 Å². The second-order valence-electron chi connectivity index (χ2n) is 12.3. The Morgan fingerprint density at radius 2 is 1.38 bits per heavy atom. The number of aromatic nitrogens is 1. The molecular formula is C38H49N3O4. The van der Waals surface area contributed by atoms with Crippen LogP contribution in [0.4, 0.5) is 10.5 Å². The van der Waals surface area contributed by atoms with Gasteiger partial charge >= 0.3 is 11.8 Å². The molecule has 0 unspecified atom stereocenters. The number of hydrogen-bond acceptors (Lipinski definition) is 6. The van der Waals surface area contributed by atoms with E-state index in [1.54, 1.807) is 6.07 Å². The van der Waals surface area contributed by atoms with Crippen LogP contribution in [0.5, 0.6) is 0 Å². The Morgan fingerprint density at radius 1 is 0.733 bits per heavy atom. The first-order valence-corrected chi connectivity index (χ1v) is 17.1. The smallest absolute Gasteiger partial charge is 0.429 e. The fourth-order valence-electron chi connectivity index (χ4n) is 6.32. The average molecular weight is 612 g/mol. The first kappa shape index (κ1) is 32.6. The minimum atomic E-state index is -0.696. The number of unbranched alkanes of at least 4 members (excludes halogenated alkanes) is 10. The zero-order chi connectivity index (χ0) is 31.3. The van der Waals surface area contributed by atoms with Crippen molar-refractivity contribution < 1.29 is 13.9 Å². The summed E-state index contributed by atoms with van der Waals surface area (Å²) in [4.78, 5) is 30.4. The zero-order valence-electron chi connectivity index (χ0n) is 26.9. The summed E-state index contributed by atoms with van der Waals surface area (Å²) in [7, 11) is 0. The number of anilines is 1. The molecule has 5 rings (SSSR count). The molecule has 7 nitrogen and oxygen atoms in total. The molecule has 4 aromatic rings. The molecule has 0 saturated carbocycles. The SMILES string of the molecule is CCCCCCCCCCCCCOC(=O)n1c(=O)oc2c(N3CCN(Cc4cccc(-c5ccccc5)c4)CC3)cccc21. The molecule has 1 saturated heterocycles. The van der Waals surface area contributed by atoms with E-state index in [1.807, 2.05) is 18.2 Å². The number of fused-ring (bicyclic) bond motifs is 1. The Balaban J connectivity index is 1.08. The van der Waals surface area contributed by atoms with Gasteiger partial charge in [0.25, 0.3) is 0 Å². The van der Waals surface area contributed by atoms with Crippen LogP contribution >= 0.6 is 0 Å². The van der Waals surface area contributed by atoms with Crippen LogP contribution in [0.25, 0.3) is 22.2 Å². The maximum Gasteiger partial charge on any atom is 0.429 e. The molecule has 7 heteroatoms. The van der Waals surface area contributed by atoms with Crippen LogP contribution in [0.1, 0.15) is 83.1 Å². The van der Waals surface area contributed by atoms with E-state index < -0.39 is 11.8 Å². The Bertz CT molecular complexity index is 1540. The van der Waals surface area contributed by atoms with Gasteiger partial charge in [-0.05, 0) is 41.3 Å². The van der Waals surface area contributed by atoms with Gasteiger partial charge in [-0.25, -0.2) is 9.59 Å². The second-order valence-corrected chi connectivity index (χ2v) is 12.3. The minimum absolute atomic E-state index is 0.310. The summed E-state index contributed by atoms with van der Waals surface area (Å²) in [5.41, 5.74) is 5.49. The van der Waals surface area contributed by atoms with Gasteiger partial charge in [-0.1, -0.05) is 126 Å². The Morgan fingerprint density at radius 3 is 2.09 bits per heavy atom. The van der Waals surface area contributed by atoms with Crippen molar-refractivity contribution >= 4 is 22.9 Å². The van der Waals surface area contributed by atoms with Crippen LogP contribution in [-0.2, 0) is 11.3 Å². The van der Waals surface area contributed by atoms with Gasteiger partial charge in [0.05, 0.1) is 12.3 Å². The number of piperazine rings is 1. The topological polar surface area (TPSA) is 67.9 Å². The van der Waals surface area contributed by atoms with Crippen molar-refractivity contribution in [3.05, 3.63) is 88.9 Å². The summed E-state index contributed by atoms with van der Waals surface area (Å²) in [6, 6.07) is 24.8. The van der Waals surface area contributed by atoms with Crippen molar-refractivity contribution in [3.8, 4) is 11.1 Å². The highest BCUT2D eigenvalue weighted by Gasteiger charge is 2.24. The third kappa shape index (κ3) is 9.10. The van der Waals surface area contributed by atoms with E-state index in [-0.39, 0.29) is 0 Å². The zero-order valence-corrected chi connectivity index (χ0v) is 26.9. The lowest BCUT2D eigenvalue weighted by atomic mass is 10.0. The van der Waals surface area contributed by atoms with Crippen LogP contribution in [-0.4, -0.2) is 48.3 Å². The van der Waals surface area contributed by atoms with Gasteiger partial charge in [0.1, 0.15) is 5.52 Å². The molecular weight excluding hydrogens is 562 g/mol. The third-order valence-corrected chi connectivity index (χ3v) is 8.90. The van der Waals surface area contributed by atoms with Gasteiger partial charge in [-0.3, -0.25) is 4.90 Å². The van der Waals surface area contributed by atoms with Crippen molar-refractivity contribution in [3.63, 3.8) is 0 Å². The molecule has 0 amide bonds. The molecule has 0 atom stereocenters. The molecule has 1 aliphatic heterocycles. The van der Waals surface area contributed by atoms with Crippen molar-refractivity contribution in [2.45, 2.75) is 84.1 Å². The van der Waals surface area contributed by atoms with Crippen molar-refractivity contribution in [2.75, 3.05) is 37.7 Å². The van der Waals surface area contributed by atoms with Crippen LogP contribution in [0.3, 0.4) is 0 Å². The predicted octanol–water partition coefficient (Wildman–Crippen LogP) is 8.88. The number of benzene rings is 3. The van der Waals surface area contributed by atoms with E-state index in [2.05, 4.69) is 65.3 Å². The second kappa shape index (κ2) is 17.0. The molecule has 240 valence electrons. The molecule has 0 N–H and O–H groups in total. The number of carbonyl (C=O) groups is 1. The van der Waals surface area contributed by atoms with Crippen LogP contribution in [0, 0.1) is 0 Å². The summed E-state index contributed by atoms with van der Waals surface area (Å²) < 4.78 is 12.2. The lowest BCUT2D eigenvalue weighted by molar-refractivity contribution is 0.144. The minimum Gasteiger partial charge on any atom is -0.449 e. The Labute approximate surface area is 267 Å². The summed E-state index contributed by atoms with van der Waals surface area (Å²) in [5, 5.41) is 0. The fraction of sp³-hybridized carbons (Fsp3) is 0.474. The highest BCUT2D eigenvalue weighted by molar-refractivity contribution is 5.92. The van der Waals surface area contributed by atoms with Gasteiger partial charge < -0.3 is 14.1 Å². The first-order chi connectivity index (χ1) is 22.1. The lowest BCUT2D eigenvalue weighted by Gasteiger charge is -2.36. The number of oxazole rings is 1. The highest BCUT2D eigenvalue weighted by atomic mass is 16.6. The molecule has 1 aliphatic rings. The van der Waals surface area contributed by atoms with Gasteiger partial charge in [0, 0.05) is 32.7 Å². The third-order valence-electron chi connectivity index (χ3n) is 8.90. The Hall–Kier alpha value is -3.84. The first-order valence-electron chi connectivity index (χ1n) is 17.1. The average Bonchev–Trinajstić information content (AvgIpc) is 3.42. The summed E-state index contributed by atoms with van der Waals surface area (Å²) >= 11 is 0. The van der Waals surface area contributed by atoms with Crippen molar-refractivity contribution in [1.82, 2.24) is 9.47 Å². The quantitative estimate of drug-likeness (QED) is 0.118. The maximum atomic E-state index is 12.9. The van der Waals surface area contributed by atoms with Gasteiger partial charge in [-0.2, -0.15) is 4.57 Å². The lowest BCUT2D eigenvalue weighted by Crippen LogP contribution is -2.46. The summed E-state index contributed by atoms with van der Waals surface area (Å²) in [5.74, 6) is -0.696. The monoisotopic (exact) mass is 611 g/mol. The highest BCUT2D eigenvalue weighted by Crippen LogP contribution is 2.28. The molecule has 0 aliphatic carbocycles. The molecule has 2 heterocycles. The molecule has 45 heavy (non-hydrogen) atoms. The van der Waals surface area contributed by atoms with E-state index in [9.17, 15) is 9.59 Å². The largest absolute Gasteiger partial charge is 0.449 e. The molecule has 3 aromatic carbocycles. The summed E-state index contributed by atoms with van der Waals surface area (Å²) in [6.07, 6.45) is 12.8. The van der Waals surface area contributed by atoms with Crippen LogP contribution in [0.2, 0.25) is 0 Å². The number of hydrogen-bond donors (Lipinski definition) is 0. The number of carbonyl (C=O) groups excluding carboxylic acids is 1. The normalized spacial score (nSPS) is 13.8. The van der Waals surface area contributed by atoms with E-state index in [4.69, 9.17) is 9.15 Å².